The highest BCUT2D eigenvalue weighted by molar-refractivity contribution is 6.42. The maximum atomic E-state index is 12.8. The van der Waals surface area contributed by atoms with Crippen molar-refractivity contribution in [3.63, 3.8) is 0 Å². The first-order valence-electron chi connectivity index (χ1n) is 9.87. The van der Waals surface area contributed by atoms with E-state index in [0.29, 0.717) is 15.7 Å². The summed E-state index contributed by atoms with van der Waals surface area (Å²) in [5.41, 5.74) is 2.46. The first-order chi connectivity index (χ1) is 15.0. The van der Waals surface area contributed by atoms with Gasteiger partial charge in [0, 0.05) is 42.8 Å². The number of H-pyrrole nitrogens is 1. The van der Waals surface area contributed by atoms with E-state index in [2.05, 4.69) is 20.1 Å². The minimum absolute atomic E-state index is 0.183. The molecule has 7 nitrogen and oxygen atoms in total. The number of halogens is 2. The molecule has 9 heteroatoms. The summed E-state index contributed by atoms with van der Waals surface area (Å²) in [5.74, 6) is -0.709. The highest BCUT2D eigenvalue weighted by atomic mass is 35.5. The average Bonchev–Trinajstić information content (AvgIpc) is 3.14. The van der Waals surface area contributed by atoms with Crippen molar-refractivity contribution >= 4 is 57.4 Å². The van der Waals surface area contributed by atoms with Crippen LogP contribution in [0.25, 0.3) is 10.9 Å². The Morgan fingerprint density at radius 2 is 1.81 bits per heavy atom. The number of piperazine rings is 1. The second-order valence-electron chi connectivity index (χ2n) is 7.32. The van der Waals surface area contributed by atoms with Crippen molar-refractivity contribution in [2.75, 3.05) is 50.1 Å². The number of rotatable bonds is 5. The quantitative estimate of drug-likeness (QED) is 0.562. The van der Waals surface area contributed by atoms with Gasteiger partial charge >= 0.3 is 5.97 Å². The first-order valence-corrected chi connectivity index (χ1v) is 10.6. The van der Waals surface area contributed by atoms with E-state index < -0.39 is 5.97 Å². The van der Waals surface area contributed by atoms with Gasteiger partial charge < -0.3 is 19.9 Å². The Hall–Kier alpha value is -2.74. The van der Waals surface area contributed by atoms with Crippen LogP contribution in [0.15, 0.2) is 42.5 Å². The van der Waals surface area contributed by atoms with Gasteiger partial charge in [-0.25, -0.2) is 4.79 Å². The van der Waals surface area contributed by atoms with E-state index in [1.807, 2.05) is 36.4 Å². The lowest BCUT2D eigenvalue weighted by Crippen LogP contribution is -2.48. The van der Waals surface area contributed by atoms with Gasteiger partial charge in [0.2, 0.25) is 5.91 Å². The molecule has 1 amide bonds. The summed E-state index contributed by atoms with van der Waals surface area (Å²) >= 11 is 12.1. The number of aromatic amines is 1. The number of benzene rings is 2. The Balaban J connectivity index is 1.40. The van der Waals surface area contributed by atoms with Gasteiger partial charge in [0.25, 0.3) is 0 Å². The Bertz CT molecular complexity index is 1120. The normalized spacial score (nSPS) is 14.6. The van der Waals surface area contributed by atoms with E-state index in [9.17, 15) is 9.59 Å². The average molecular weight is 461 g/mol. The van der Waals surface area contributed by atoms with E-state index in [4.69, 9.17) is 27.9 Å². The summed E-state index contributed by atoms with van der Waals surface area (Å²) in [6.07, 6.45) is 0. The zero-order chi connectivity index (χ0) is 22.0. The summed E-state index contributed by atoms with van der Waals surface area (Å²) in [6.45, 7) is 3.23. The highest BCUT2D eigenvalue weighted by Gasteiger charge is 2.23. The number of hydrogen-bond acceptors (Lipinski definition) is 5. The van der Waals surface area contributed by atoms with Crippen molar-refractivity contribution in [3.05, 3.63) is 58.2 Å². The molecule has 0 atom stereocenters. The lowest BCUT2D eigenvalue weighted by molar-refractivity contribution is -0.117. The van der Waals surface area contributed by atoms with Gasteiger partial charge in [-0.2, -0.15) is 0 Å². The molecule has 1 fully saturated rings. The van der Waals surface area contributed by atoms with Gasteiger partial charge in [0.15, 0.2) is 0 Å². The second kappa shape index (κ2) is 9.18. The van der Waals surface area contributed by atoms with Crippen LogP contribution in [-0.4, -0.2) is 61.6 Å². The molecule has 1 aliphatic rings. The third-order valence-corrected chi connectivity index (χ3v) is 6.11. The van der Waals surface area contributed by atoms with Crippen LogP contribution in [0.2, 0.25) is 10.0 Å². The summed E-state index contributed by atoms with van der Waals surface area (Å²) in [5, 5.41) is 4.72. The number of para-hydroxylation sites is 1. The SMILES string of the molecule is COC(=O)c1[nH]c2ccccc2c1NC(=O)CN1CCN(c2ccc(Cl)c(Cl)c2)CC1. The van der Waals surface area contributed by atoms with Crippen LogP contribution >= 0.6 is 23.2 Å². The number of carbonyl (C=O) groups excluding carboxylic acids is 2. The molecule has 0 aliphatic carbocycles. The molecule has 1 aromatic heterocycles. The van der Waals surface area contributed by atoms with Gasteiger partial charge in [-0.3, -0.25) is 9.69 Å². The fraction of sp³-hybridized carbons (Fsp3) is 0.273. The van der Waals surface area contributed by atoms with E-state index >= 15 is 0 Å². The van der Waals surface area contributed by atoms with Crippen LogP contribution in [0.3, 0.4) is 0 Å². The predicted octanol–water partition coefficient (Wildman–Crippen LogP) is 4.02. The number of anilines is 2. The van der Waals surface area contributed by atoms with E-state index in [1.54, 1.807) is 6.07 Å². The second-order valence-corrected chi connectivity index (χ2v) is 8.14. The van der Waals surface area contributed by atoms with E-state index in [-0.39, 0.29) is 18.1 Å². The van der Waals surface area contributed by atoms with Crippen LogP contribution in [-0.2, 0) is 9.53 Å². The maximum Gasteiger partial charge on any atom is 0.356 e. The molecule has 1 aliphatic heterocycles. The van der Waals surface area contributed by atoms with Crippen molar-refractivity contribution < 1.29 is 14.3 Å². The van der Waals surface area contributed by atoms with Crippen LogP contribution in [0.1, 0.15) is 10.5 Å². The van der Waals surface area contributed by atoms with Crippen molar-refractivity contribution in [1.82, 2.24) is 9.88 Å². The van der Waals surface area contributed by atoms with Gasteiger partial charge in [-0.1, -0.05) is 41.4 Å². The molecule has 2 heterocycles. The van der Waals surface area contributed by atoms with Crippen LogP contribution in [0, 0.1) is 0 Å². The van der Waals surface area contributed by atoms with E-state index in [0.717, 1.165) is 42.8 Å². The molecule has 2 aromatic carbocycles. The molecule has 0 saturated carbocycles. The zero-order valence-corrected chi connectivity index (χ0v) is 18.5. The minimum atomic E-state index is -0.526. The third-order valence-electron chi connectivity index (χ3n) is 5.37. The van der Waals surface area contributed by atoms with Crippen molar-refractivity contribution in [2.45, 2.75) is 0 Å². The molecular weight excluding hydrogens is 439 g/mol. The fourth-order valence-corrected chi connectivity index (χ4v) is 4.05. The number of ether oxygens (including phenoxy) is 1. The number of esters is 1. The Labute approximate surface area is 189 Å². The molecule has 0 unspecified atom stereocenters. The summed E-state index contributed by atoms with van der Waals surface area (Å²) in [6, 6.07) is 13.0. The molecule has 1 saturated heterocycles. The lowest BCUT2D eigenvalue weighted by Gasteiger charge is -2.35. The number of amides is 1. The monoisotopic (exact) mass is 460 g/mol. The molecule has 4 rings (SSSR count). The molecule has 0 radical (unpaired) electrons. The number of carbonyl (C=O) groups is 2. The predicted molar refractivity (Wildman–Crippen MR) is 123 cm³/mol. The number of nitrogens with zero attached hydrogens (tertiary/aromatic N) is 2. The number of aromatic nitrogens is 1. The third kappa shape index (κ3) is 4.63. The van der Waals surface area contributed by atoms with Gasteiger partial charge in [0.05, 0.1) is 29.4 Å². The Kier molecular flexibility index (Phi) is 6.36. The summed E-state index contributed by atoms with van der Waals surface area (Å²) in [7, 11) is 1.31. The van der Waals surface area contributed by atoms with Crippen LogP contribution < -0.4 is 10.2 Å². The van der Waals surface area contributed by atoms with Gasteiger partial charge in [-0.15, -0.1) is 0 Å². The smallest absolute Gasteiger partial charge is 0.356 e. The number of hydrogen-bond donors (Lipinski definition) is 2. The number of fused-ring (bicyclic) bond motifs is 1. The van der Waals surface area contributed by atoms with Crippen LogP contribution in [0.4, 0.5) is 11.4 Å². The molecule has 3 aromatic rings. The topological polar surface area (TPSA) is 77.7 Å². The fourth-order valence-electron chi connectivity index (χ4n) is 3.75. The number of methoxy groups -OCH3 is 1. The summed E-state index contributed by atoms with van der Waals surface area (Å²) < 4.78 is 4.85. The van der Waals surface area contributed by atoms with Gasteiger partial charge in [0.1, 0.15) is 5.69 Å². The van der Waals surface area contributed by atoms with Crippen molar-refractivity contribution in [1.29, 1.82) is 0 Å². The summed E-state index contributed by atoms with van der Waals surface area (Å²) in [4.78, 5) is 32.2. The van der Waals surface area contributed by atoms with Crippen molar-refractivity contribution in [2.24, 2.45) is 0 Å². The molecule has 162 valence electrons. The Morgan fingerprint density at radius 3 is 2.52 bits per heavy atom. The molecular formula is C22H22Cl2N4O3. The minimum Gasteiger partial charge on any atom is -0.464 e. The Morgan fingerprint density at radius 1 is 1.06 bits per heavy atom. The molecule has 31 heavy (non-hydrogen) atoms. The lowest BCUT2D eigenvalue weighted by atomic mass is 10.2. The zero-order valence-electron chi connectivity index (χ0n) is 17.0. The largest absolute Gasteiger partial charge is 0.464 e. The van der Waals surface area contributed by atoms with Crippen molar-refractivity contribution in [3.8, 4) is 0 Å². The van der Waals surface area contributed by atoms with Crippen LogP contribution in [0.5, 0.6) is 0 Å². The molecule has 0 spiro atoms. The standard InChI is InChI=1S/C22H22Cl2N4O3/c1-31-22(30)21-20(15-4-2-3-5-18(15)25-21)26-19(29)13-27-8-10-28(11-9-27)14-6-7-16(23)17(24)12-14/h2-7,12,25H,8-11,13H2,1H3,(H,26,29). The molecule has 0 bridgehead atoms. The highest BCUT2D eigenvalue weighted by Crippen LogP contribution is 2.29. The maximum absolute atomic E-state index is 12.8. The first kappa shape index (κ1) is 21.5. The van der Waals surface area contributed by atoms with E-state index in [1.165, 1.54) is 7.11 Å². The number of nitrogens with one attached hydrogen (secondary N) is 2. The van der Waals surface area contributed by atoms with Gasteiger partial charge in [-0.05, 0) is 24.3 Å². The molecule has 2 N–H and O–H groups in total.